The first kappa shape index (κ1) is 10.1. The third kappa shape index (κ3) is 2.53. The molecule has 0 aromatic carbocycles. The zero-order chi connectivity index (χ0) is 10.8. The van der Waals surface area contributed by atoms with Gasteiger partial charge in [-0.1, -0.05) is 12.2 Å². The van der Waals surface area contributed by atoms with E-state index < -0.39 is 5.97 Å². The molecule has 0 aliphatic heterocycles. The summed E-state index contributed by atoms with van der Waals surface area (Å²) >= 11 is 4.82. The fourth-order valence-electron chi connectivity index (χ4n) is 1.26. The minimum atomic E-state index is -1.01. The van der Waals surface area contributed by atoms with Gasteiger partial charge in [-0.2, -0.15) is 5.10 Å². The van der Waals surface area contributed by atoms with Crippen molar-refractivity contribution >= 4 is 24.0 Å². The van der Waals surface area contributed by atoms with Crippen LogP contribution in [0.1, 0.15) is 23.2 Å². The molecule has 0 radical (unpaired) electrons. The Bertz CT molecular complexity index is 439. The first-order valence-electron chi connectivity index (χ1n) is 4.73. The maximum absolute atomic E-state index is 10.9. The van der Waals surface area contributed by atoms with E-state index in [0.717, 1.165) is 6.54 Å². The molecule has 1 aliphatic rings. The van der Waals surface area contributed by atoms with Crippen LogP contribution in [0, 0.1) is 10.6 Å². The Morgan fingerprint density at radius 3 is 3.07 bits per heavy atom. The molecule has 3 N–H and O–H groups in total. The number of aromatic amines is 1. The highest BCUT2D eigenvalue weighted by Crippen LogP contribution is 2.28. The molecule has 1 fully saturated rings. The molecule has 15 heavy (non-hydrogen) atoms. The quantitative estimate of drug-likeness (QED) is 0.679. The molecule has 2 rings (SSSR count). The SMILES string of the molecule is O=C(O)c1cc(=S)[nH]nc1NCC1CC1. The first-order chi connectivity index (χ1) is 7.16. The molecule has 1 heterocycles. The predicted molar refractivity (Wildman–Crippen MR) is 57.6 cm³/mol. The van der Waals surface area contributed by atoms with Gasteiger partial charge in [0.1, 0.15) is 10.2 Å². The Hall–Kier alpha value is -1.43. The van der Waals surface area contributed by atoms with E-state index in [1.54, 1.807) is 0 Å². The van der Waals surface area contributed by atoms with Crippen LogP contribution in [0.15, 0.2) is 6.07 Å². The van der Waals surface area contributed by atoms with Crippen LogP contribution in [0.3, 0.4) is 0 Å². The van der Waals surface area contributed by atoms with Crippen LogP contribution >= 0.6 is 12.2 Å². The minimum absolute atomic E-state index is 0.124. The molecule has 0 unspecified atom stereocenters. The number of aromatic carboxylic acids is 1. The van der Waals surface area contributed by atoms with Crippen LogP contribution in [0.5, 0.6) is 0 Å². The van der Waals surface area contributed by atoms with Gasteiger partial charge < -0.3 is 10.4 Å². The maximum Gasteiger partial charge on any atom is 0.339 e. The highest BCUT2D eigenvalue weighted by atomic mass is 32.1. The number of nitrogens with zero attached hydrogens (tertiary/aromatic N) is 1. The van der Waals surface area contributed by atoms with E-state index in [9.17, 15) is 4.79 Å². The predicted octanol–water partition coefficient (Wildman–Crippen LogP) is 1.66. The highest BCUT2D eigenvalue weighted by Gasteiger charge is 2.22. The molecule has 6 heteroatoms. The molecule has 0 saturated heterocycles. The van der Waals surface area contributed by atoms with Crippen LogP contribution in [0.4, 0.5) is 5.82 Å². The second-order valence-corrected chi connectivity index (χ2v) is 4.06. The number of carbonyl (C=O) groups is 1. The third-order valence-electron chi connectivity index (χ3n) is 2.29. The van der Waals surface area contributed by atoms with E-state index in [1.165, 1.54) is 18.9 Å². The summed E-state index contributed by atoms with van der Waals surface area (Å²) in [5.41, 5.74) is 0.124. The first-order valence-corrected chi connectivity index (χ1v) is 5.14. The van der Waals surface area contributed by atoms with E-state index >= 15 is 0 Å². The fourth-order valence-corrected chi connectivity index (χ4v) is 1.43. The van der Waals surface area contributed by atoms with Crippen molar-refractivity contribution in [3.63, 3.8) is 0 Å². The molecule has 0 atom stereocenters. The van der Waals surface area contributed by atoms with Crippen LogP contribution < -0.4 is 5.32 Å². The van der Waals surface area contributed by atoms with Gasteiger partial charge in [-0.05, 0) is 24.8 Å². The van der Waals surface area contributed by atoms with Gasteiger partial charge in [0.15, 0.2) is 5.82 Å². The van der Waals surface area contributed by atoms with Crippen LogP contribution in [-0.2, 0) is 0 Å². The lowest BCUT2D eigenvalue weighted by Gasteiger charge is -2.06. The number of hydrogen-bond donors (Lipinski definition) is 3. The number of H-pyrrole nitrogens is 1. The van der Waals surface area contributed by atoms with Crippen molar-refractivity contribution in [2.24, 2.45) is 5.92 Å². The molecule has 1 saturated carbocycles. The average Bonchev–Trinajstić information content (AvgIpc) is 2.99. The van der Waals surface area contributed by atoms with Crippen molar-refractivity contribution in [2.45, 2.75) is 12.8 Å². The number of anilines is 1. The number of aromatic nitrogens is 2. The highest BCUT2D eigenvalue weighted by molar-refractivity contribution is 7.71. The Morgan fingerprint density at radius 2 is 2.47 bits per heavy atom. The summed E-state index contributed by atoms with van der Waals surface area (Å²) in [6.07, 6.45) is 2.41. The zero-order valence-electron chi connectivity index (χ0n) is 7.99. The van der Waals surface area contributed by atoms with E-state index in [4.69, 9.17) is 17.3 Å². The normalized spacial score (nSPS) is 14.9. The van der Waals surface area contributed by atoms with Crippen molar-refractivity contribution in [1.82, 2.24) is 10.2 Å². The van der Waals surface area contributed by atoms with E-state index in [1.807, 2.05) is 0 Å². The summed E-state index contributed by atoms with van der Waals surface area (Å²) < 4.78 is 0.323. The molecule has 0 bridgehead atoms. The van der Waals surface area contributed by atoms with E-state index in [0.29, 0.717) is 16.4 Å². The van der Waals surface area contributed by atoms with Crippen LogP contribution in [-0.4, -0.2) is 27.8 Å². The minimum Gasteiger partial charge on any atom is -0.478 e. The van der Waals surface area contributed by atoms with Gasteiger partial charge in [0, 0.05) is 6.54 Å². The summed E-state index contributed by atoms with van der Waals surface area (Å²) in [6.45, 7) is 0.776. The van der Waals surface area contributed by atoms with Gasteiger partial charge in [0.25, 0.3) is 0 Å². The number of carboxylic acids is 1. The van der Waals surface area contributed by atoms with Crippen molar-refractivity contribution in [1.29, 1.82) is 0 Å². The fraction of sp³-hybridized carbons (Fsp3) is 0.444. The molecular formula is C9H11N3O2S. The Labute approximate surface area is 91.5 Å². The number of hydrogen-bond acceptors (Lipinski definition) is 4. The molecule has 0 spiro atoms. The number of nitrogens with one attached hydrogen (secondary N) is 2. The lowest BCUT2D eigenvalue weighted by molar-refractivity contribution is 0.0697. The van der Waals surface area contributed by atoms with Gasteiger partial charge in [-0.15, -0.1) is 0 Å². The van der Waals surface area contributed by atoms with Gasteiger partial charge in [-0.25, -0.2) is 4.79 Å². The zero-order valence-corrected chi connectivity index (χ0v) is 8.80. The van der Waals surface area contributed by atoms with Crippen molar-refractivity contribution < 1.29 is 9.90 Å². The lowest BCUT2D eigenvalue weighted by atomic mass is 10.3. The molecular weight excluding hydrogens is 214 g/mol. The summed E-state index contributed by atoms with van der Waals surface area (Å²) in [7, 11) is 0. The summed E-state index contributed by atoms with van der Waals surface area (Å²) in [5, 5.41) is 18.4. The lowest BCUT2D eigenvalue weighted by Crippen LogP contribution is -2.11. The van der Waals surface area contributed by atoms with Gasteiger partial charge in [0.05, 0.1) is 0 Å². The summed E-state index contributed by atoms with van der Waals surface area (Å²) in [4.78, 5) is 10.9. The third-order valence-corrected chi connectivity index (χ3v) is 2.50. The summed E-state index contributed by atoms with van der Waals surface area (Å²) in [5.74, 6) is 0.0144. The van der Waals surface area contributed by atoms with Crippen LogP contribution in [0.25, 0.3) is 0 Å². The molecule has 1 aromatic rings. The van der Waals surface area contributed by atoms with Gasteiger partial charge >= 0.3 is 5.97 Å². The Kier molecular flexibility index (Phi) is 2.68. The second kappa shape index (κ2) is 3.98. The topological polar surface area (TPSA) is 78.0 Å². The van der Waals surface area contributed by atoms with E-state index in [2.05, 4.69) is 15.5 Å². The molecule has 0 amide bonds. The van der Waals surface area contributed by atoms with Crippen molar-refractivity contribution in [3.8, 4) is 0 Å². The number of rotatable bonds is 4. The Morgan fingerprint density at radius 1 is 1.73 bits per heavy atom. The number of carboxylic acid groups (broad SMARTS) is 1. The van der Waals surface area contributed by atoms with Crippen LogP contribution in [0.2, 0.25) is 0 Å². The standard InChI is InChI=1S/C9H11N3O2S/c13-9(14)6-3-7(15)11-12-8(6)10-4-5-1-2-5/h3,5H,1-2,4H2,(H,10,12)(H,11,15)(H,13,14). The Balaban J connectivity index is 2.19. The summed E-state index contributed by atoms with van der Waals surface area (Å²) in [6, 6.07) is 1.40. The smallest absolute Gasteiger partial charge is 0.339 e. The maximum atomic E-state index is 10.9. The van der Waals surface area contributed by atoms with Gasteiger partial charge in [-0.3, -0.25) is 5.10 Å². The average molecular weight is 225 g/mol. The monoisotopic (exact) mass is 225 g/mol. The van der Waals surface area contributed by atoms with Crippen molar-refractivity contribution in [3.05, 3.63) is 16.3 Å². The molecule has 5 nitrogen and oxygen atoms in total. The molecule has 80 valence electrons. The van der Waals surface area contributed by atoms with Gasteiger partial charge in [0.2, 0.25) is 0 Å². The van der Waals surface area contributed by atoms with E-state index in [-0.39, 0.29) is 5.56 Å². The molecule has 1 aliphatic carbocycles. The second-order valence-electron chi connectivity index (χ2n) is 3.62. The molecule has 1 aromatic heterocycles. The van der Waals surface area contributed by atoms with Crippen molar-refractivity contribution in [2.75, 3.05) is 11.9 Å². The largest absolute Gasteiger partial charge is 0.478 e.